The molecule has 0 amide bonds. The monoisotopic (exact) mass is 296 g/mol. The molecule has 1 fully saturated rings. The van der Waals surface area contributed by atoms with E-state index >= 15 is 0 Å². The van der Waals surface area contributed by atoms with Crippen LogP contribution in [0.1, 0.15) is 30.4 Å². The largest absolute Gasteiger partial charge is 0.508 e. The molecule has 2 aromatic rings. The normalized spacial score (nSPS) is 14.8. The van der Waals surface area contributed by atoms with E-state index < -0.39 is 0 Å². The maximum Gasteiger partial charge on any atom is 0.129 e. The van der Waals surface area contributed by atoms with Crippen molar-refractivity contribution in [1.82, 2.24) is 4.98 Å². The number of nitrogens with zero attached hydrogens (tertiary/aromatic N) is 2. The Morgan fingerprint density at radius 1 is 1.14 bits per heavy atom. The number of hydrogen-bond donors (Lipinski definition) is 3. The first-order chi connectivity index (χ1) is 10.6. The maximum absolute atomic E-state index is 9.62. The van der Waals surface area contributed by atoms with Crippen LogP contribution in [0.15, 0.2) is 36.5 Å². The first-order valence-electron chi connectivity index (χ1n) is 7.54. The predicted molar refractivity (Wildman–Crippen MR) is 88.8 cm³/mol. The van der Waals surface area contributed by atoms with E-state index in [1.54, 1.807) is 18.3 Å². The third-order valence-corrected chi connectivity index (χ3v) is 4.02. The summed E-state index contributed by atoms with van der Waals surface area (Å²) in [7, 11) is 0. The highest BCUT2D eigenvalue weighted by Crippen LogP contribution is 2.24. The van der Waals surface area contributed by atoms with Gasteiger partial charge in [-0.2, -0.15) is 0 Å². The standard InChI is InChI=1S/C17H20N4O/c18-15-5-4-13(22)11-14(15)17(19)12-6-7-20-16(10-12)21-8-2-1-3-9-21/h4-7,10-11,19,22H,1-3,8-9,18H2. The van der Waals surface area contributed by atoms with Crippen LogP contribution in [0, 0.1) is 5.41 Å². The first kappa shape index (κ1) is 14.4. The fourth-order valence-electron chi connectivity index (χ4n) is 2.79. The number of benzene rings is 1. The van der Waals surface area contributed by atoms with Gasteiger partial charge in [0.2, 0.25) is 0 Å². The van der Waals surface area contributed by atoms with Crippen LogP contribution in [0.3, 0.4) is 0 Å². The van der Waals surface area contributed by atoms with Gasteiger partial charge in [-0.15, -0.1) is 0 Å². The van der Waals surface area contributed by atoms with Gasteiger partial charge >= 0.3 is 0 Å². The van der Waals surface area contributed by atoms with E-state index in [9.17, 15) is 5.11 Å². The number of nitrogens with two attached hydrogens (primary N) is 1. The predicted octanol–water partition coefficient (Wildman–Crippen LogP) is 2.78. The Kier molecular flexibility index (Phi) is 3.96. The minimum absolute atomic E-state index is 0.110. The van der Waals surface area contributed by atoms with Crippen LogP contribution in [0.5, 0.6) is 5.75 Å². The lowest BCUT2D eigenvalue weighted by molar-refractivity contribution is 0.475. The highest BCUT2D eigenvalue weighted by molar-refractivity contribution is 6.14. The number of piperidine rings is 1. The summed E-state index contributed by atoms with van der Waals surface area (Å²) in [5.41, 5.74) is 8.01. The summed E-state index contributed by atoms with van der Waals surface area (Å²) in [6.07, 6.45) is 5.37. The number of aromatic hydroxyl groups is 1. The molecule has 22 heavy (non-hydrogen) atoms. The minimum Gasteiger partial charge on any atom is -0.508 e. The number of rotatable bonds is 3. The minimum atomic E-state index is 0.110. The second kappa shape index (κ2) is 6.05. The first-order valence-corrected chi connectivity index (χ1v) is 7.54. The Morgan fingerprint density at radius 2 is 1.91 bits per heavy atom. The van der Waals surface area contributed by atoms with Gasteiger partial charge in [-0.25, -0.2) is 4.98 Å². The van der Waals surface area contributed by atoms with Crippen LogP contribution < -0.4 is 10.6 Å². The molecule has 0 unspecified atom stereocenters. The van der Waals surface area contributed by atoms with E-state index in [1.807, 2.05) is 6.07 Å². The number of phenols is 1. The Balaban J connectivity index is 1.91. The lowest BCUT2D eigenvalue weighted by Crippen LogP contribution is -2.30. The zero-order chi connectivity index (χ0) is 15.5. The van der Waals surface area contributed by atoms with Gasteiger partial charge in [-0.1, -0.05) is 0 Å². The van der Waals surface area contributed by atoms with Gasteiger partial charge in [0.15, 0.2) is 0 Å². The second-order valence-electron chi connectivity index (χ2n) is 5.60. The molecule has 1 aliphatic heterocycles. The van der Waals surface area contributed by atoms with Crippen molar-refractivity contribution in [3.63, 3.8) is 0 Å². The highest BCUT2D eigenvalue weighted by atomic mass is 16.3. The van der Waals surface area contributed by atoms with Crippen molar-refractivity contribution in [2.24, 2.45) is 0 Å². The van der Waals surface area contributed by atoms with Gasteiger partial charge in [0.1, 0.15) is 11.6 Å². The molecule has 3 rings (SSSR count). The Bertz CT molecular complexity index is 693. The Labute approximate surface area is 129 Å². The summed E-state index contributed by atoms with van der Waals surface area (Å²) in [5, 5.41) is 18.0. The van der Waals surface area contributed by atoms with Gasteiger partial charge in [0.25, 0.3) is 0 Å². The molecule has 0 spiro atoms. The summed E-state index contributed by atoms with van der Waals surface area (Å²) in [4.78, 5) is 6.68. The van der Waals surface area contributed by atoms with E-state index in [4.69, 9.17) is 11.1 Å². The van der Waals surface area contributed by atoms with Gasteiger partial charge in [-0.05, 0) is 49.6 Å². The second-order valence-corrected chi connectivity index (χ2v) is 5.60. The Morgan fingerprint density at radius 3 is 2.68 bits per heavy atom. The molecule has 0 atom stereocenters. The van der Waals surface area contributed by atoms with Crippen LogP contribution in [-0.2, 0) is 0 Å². The van der Waals surface area contributed by atoms with Crippen molar-refractivity contribution in [2.75, 3.05) is 23.7 Å². The number of hydrogen-bond acceptors (Lipinski definition) is 5. The number of anilines is 2. The summed E-state index contributed by atoms with van der Waals surface area (Å²) in [6.45, 7) is 2.02. The average molecular weight is 296 g/mol. The average Bonchev–Trinajstić information content (AvgIpc) is 2.57. The van der Waals surface area contributed by atoms with Crippen molar-refractivity contribution in [3.05, 3.63) is 47.7 Å². The summed E-state index contributed by atoms with van der Waals surface area (Å²) in [5.74, 6) is 1.01. The molecule has 4 N–H and O–H groups in total. The lowest BCUT2D eigenvalue weighted by Gasteiger charge is -2.28. The van der Waals surface area contributed by atoms with E-state index in [0.717, 1.165) is 24.5 Å². The summed E-state index contributed by atoms with van der Waals surface area (Å²) in [6, 6.07) is 8.40. The van der Waals surface area contributed by atoms with Crippen LogP contribution in [-0.4, -0.2) is 28.9 Å². The summed E-state index contributed by atoms with van der Waals surface area (Å²) < 4.78 is 0. The zero-order valence-electron chi connectivity index (χ0n) is 12.4. The lowest BCUT2D eigenvalue weighted by atomic mass is 10.0. The molecular weight excluding hydrogens is 276 g/mol. The van der Waals surface area contributed by atoms with E-state index in [0.29, 0.717) is 17.0 Å². The number of aromatic nitrogens is 1. The molecule has 0 aliphatic carbocycles. The summed E-state index contributed by atoms with van der Waals surface area (Å²) >= 11 is 0. The van der Waals surface area contributed by atoms with Crippen LogP contribution in [0.25, 0.3) is 0 Å². The van der Waals surface area contributed by atoms with E-state index in [2.05, 4.69) is 9.88 Å². The van der Waals surface area contributed by atoms with E-state index in [-0.39, 0.29) is 5.75 Å². The Hall–Kier alpha value is -2.56. The van der Waals surface area contributed by atoms with Gasteiger partial charge in [-0.3, -0.25) is 5.41 Å². The van der Waals surface area contributed by atoms with Gasteiger partial charge < -0.3 is 15.7 Å². The molecule has 0 saturated carbocycles. The molecule has 2 heterocycles. The number of phenolic OH excluding ortho intramolecular Hbond substituents is 1. The number of nitrogen functional groups attached to an aromatic ring is 1. The van der Waals surface area contributed by atoms with Crippen LogP contribution in [0.2, 0.25) is 0 Å². The third kappa shape index (κ3) is 2.88. The molecule has 1 aromatic heterocycles. The maximum atomic E-state index is 9.62. The third-order valence-electron chi connectivity index (χ3n) is 4.02. The van der Waals surface area contributed by atoms with Gasteiger partial charge in [0, 0.05) is 36.1 Å². The highest BCUT2D eigenvalue weighted by Gasteiger charge is 2.15. The molecule has 1 aromatic carbocycles. The van der Waals surface area contributed by atoms with Crippen molar-refractivity contribution >= 4 is 17.2 Å². The smallest absolute Gasteiger partial charge is 0.129 e. The van der Waals surface area contributed by atoms with Crippen LogP contribution in [0.4, 0.5) is 11.5 Å². The molecule has 1 aliphatic rings. The van der Waals surface area contributed by atoms with Crippen molar-refractivity contribution < 1.29 is 5.11 Å². The number of nitrogens with one attached hydrogen (secondary N) is 1. The number of pyridine rings is 1. The molecule has 0 bridgehead atoms. The molecule has 0 radical (unpaired) electrons. The van der Waals surface area contributed by atoms with Crippen molar-refractivity contribution in [2.45, 2.75) is 19.3 Å². The SMILES string of the molecule is N=C(c1ccnc(N2CCCCC2)c1)c1cc(O)ccc1N. The van der Waals surface area contributed by atoms with Crippen LogP contribution >= 0.6 is 0 Å². The molecule has 5 nitrogen and oxygen atoms in total. The fourth-order valence-corrected chi connectivity index (χ4v) is 2.79. The van der Waals surface area contributed by atoms with E-state index in [1.165, 1.54) is 31.4 Å². The molecule has 5 heteroatoms. The molecule has 114 valence electrons. The molecular formula is C17H20N4O. The van der Waals surface area contributed by atoms with Crippen molar-refractivity contribution in [3.8, 4) is 5.75 Å². The molecule has 1 saturated heterocycles. The fraction of sp³-hybridized carbons (Fsp3) is 0.294. The van der Waals surface area contributed by atoms with Crippen molar-refractivity contribution in [1.29, 1.82) is 5.41 Å². The topological polar surface area (TPSA) is 86.2 Å². The zero-order valence-corrected chi connectivity index (χ0v) is 12.4. The quantitative estimate of drug-likeness (QED) is 0.462. The van der Waals surface area contributed by atoms with Gasteiger partial charge in [0.05, 0.1) is 5.71 Å².